The van der Waals surface area contributed by atoms with Gasteiger partial charge in [0.25, 0.3) is 0 Å². The van der Waals surface area contributed by atoms with Crippen molar-refractivity contribution in [3.8, 4) is 5.69 Å². The summed E-state index contributed by atoms with van der Waals surface area (Å²) in [7, 11) is 0. The number of nitrogens with two attached hydrogens (primary N) is 1. The van der Waals surface area contributed by atoms with Gasteiger partial charge in [0.15, 0.2) is 5.82 Å². The van der Waals surface area contributed by atoms with E-state index in [1.54, 1.807) is 4.68 Å². The van der Waals surface area contributed by atoms with E-state index in [-0.39, 0.29) is 0 Å². The van der Waals surface area contributed by atoms with E-state index in [4.69, 9.17) is 5.73 Å². The lowest BCUT2D eigenvalue weighted by molar-refractivity contribution is 0.760. The van der Waals surface area contributed by atoms with Crippen LogP contribution in [0.3, 0.4) is 0 Å². The molecule has 0 saturated heterocycles. The Kier molecular flexibility index (Phi) is 2.79. The second kappa shape index (κ2) is 4.08. The van der Waals surface area contributed by atoms with Crippen LogP contribution in [0.1, 0.15) is 11.4 Å². The maximum Gasteiger partial charge on any atom is 0.170 e. The highest BCUT2D eigenvalue weighted by molar-refractivity contribution is 9.10. The minimum atomic E-state index is 0.322. The van der Waals surface area contributed by atoms with E-state index in [0.717, 1.165) is 15.7 Å². The Bertz CT molecular complexity index is 479. The first kappa shape index (κ1) is 10.3. The third kappa shape index (κ3) is 1.91. The van der Waals surface area contributed by atoms with Crippen LogP contribution in [0.25, 0.3) is 5.69 Å². The Morgan fingerprint density at radius 2 is 2.27 bits per heavy atom. The summed E-state index contributed by atoms with van der Waals surface area (Å²) < 4.78 is 2.70. The second-order valence-corrected chi connectivity index (χ2v) is 4.00. The zero-order valence-electron chi connectivity index (χ0n) is 8.18. The summed E-state index contributed by atoms with van der Waals surface area (Å²) >= 11 is 3.44. The maximum absolute atomic E-state index is 5.53. The number of hydrogen-bond donors (Lipinski definition) is 1. The number of benzene rings is 1. The Morgan fingerprint density at radius 3 is 2.93 bits per heavy atom. The van der Waals surface area contributed by atoms with Crippen molar-refractivity contribution in [1.29, 1.82) is 0 Å². The van der Waals surface area contributed by atoms with Crippen LogP contribution in [0.4, 0.5) is 0 Å². The quantitative estimate of drug-likeness (QED) is 0.888. The van der Waals surface area contributed by atoms with Crippen molar-refractivity contribution in [3.63, 3.8) is 0 Å². The summed E-state index contributed by atoms with van der Waals surface area (Å²) in [5, 5.41) is 11.3. The van der Waals surface area contributed by atoms with Crippen LogP contribution in [-0.4, -0.2) is 20.2 Å². The molecule has 0 radical (unpaired) electrons. The van der Waals surface area contributed by atoms with Crippen molar-refractivity contribution in [3.05, 3.63) is 34.1 Å². The van der Waals surface area contributed by atoms with E-state index in [2.05, 4.69) is 31.5 Å². The predicted molar refractivity (Wildman–Crippen MR) is 59.5 cm³/mol. The molecule has 78 valence electrons. The van der Waals surface area contributed by atoms with Crippen molar-refractivity contribution in [2.24, 2.45) is 5.73 Å². The van der Waals surface area contributed by atoms with Gasteiger partial charge in [-0.3, -0.25) is 0 Å². The van der Waals surface area contributed by atoms with Crippen molar-refractivity contribution in [2.75, 3.05) is 0 Å². The highest BCUT2D eigenvalue weighted by Gasteiger charge is 2.06. The van der Waals surface area contributed by atoms with Crippen LogP contribution in [0.2, 0.25) is 0 Å². The van der Waals surface area contributed by atoms with Gasteiger partial charge in [-0.05, 0) is 41.1 Å². The van der Waals surface area contributed by atoms with Crippen molar-refractivity contribution >= 4 is 15.9 Å². The van der Waals surface area contributed by atoms with E-state index in [0.29, 0.717) is 12.4 Å². The van der Waals surface area contributed by atoms with Crippen molar-refractivity contribution in [1.82, 2.24) is 20.2 Å². The number of nitrogens with zero attached hydrogens (tertiary/aromatic N) is 4. The third-order valence-corrected chi connectivity index (χ3v) is 2.99. The molecule has 0 amide bonds. The average molecular weight is 268 g/mol. The van der Waals surface area contributed by atoms with Gasteiger partial charge < -0.3 is 5.73 Å². The van der Waals surface area contributed by atoms with Gasteiger partial charge in [0.1, 0.15) is 0 Å². The fourth-order valence-electron chi connectivity index (χ4n) is 1.29. The van der Waals surface area contributed by atoms with Gasteiger partial charge in [-0.15, -0.1) is 5.10 Å². The number of aryl methyl sites for hydroxylation is 1. The van der Waals surface area contributed by atoms with Crippen molar-refractivity contribution in [2.45, 2.75) is 13.5 Å². The molecular formula is C9H10BrN5. The first-order valence-corrected chi connectivity index (χ1v) is 5.25. The van der Waals surface area contributed by atoms with Gasteiger partial charge in [-0.25, -0.2) is 0 Å². The van der Waals surface area contributed by atoms with Crippen LogP contribution in [0, 0.1) is 6.92 Å². The molecule has 2 aromatic rings. The van der Waals surface area contributed by atoms with Crippen molar-refractivity contribution < 1.29 is 0 Å². The maximum atomic E-state index is 5.53. The van der Waals surface area contributed by atoms with Gasteiger partial charge >= 0.3 is 0 Å². The van der Waals surface area contributed by atoms with E-state index >= 15 is 0 Å². The summed E-state index contributed by atoms with van der Waals surface area (Å²) in [5.74, 6) is 0.650. The zero-order valence-corrected chi connectivity index (χ0v) is 9.77. The van der Waals surface area contributed by atoms with Crippen LogP contribution in [0.15, 0.2) is 22.7 Å². The monoisotopic (exact) mass is 267 g/mol. The summed E-state index contributed by atoms with van der Waals surface area (Å²) in [6, 6.07) is 5.90. The van der Waals surface area contributed by atoms with Gasteiger partial charge in [-0.2, -0.15) is 4.68 Å². The predicted octanol–water partition coefficient (Wildman–Crippen LogP) is 1.19. The molecule has 2 N–H and O–H groups in total. The van der Waals surface area contributed by atoms with Gasteiger partial charge in [-0.1, -0.05) is 15.9 Å². The molecule has 1 heterocycles. The topological polar surface area (TPSA) is 69.6 Å². The lowest BCUT2D eigenvalue weighted by Gasteiger charge is -2.04. The van der Waals surface area contributed by atoms with Gasteiger partial charge in [0, 0.05) is 4.47 Å². The Hall–Kier alpha value is -1.27. The lowest BCUT2D eigenvalue weighted by atomic mass is 10.2. The first-order valence-electron chi connectivity index (χ1n) is 4.46. The average Bonchev–Trinajstić information content (AvgIpc) is 2.70. The SMILES string of the molecule is Cc1cc(-n2nnnc2CN)ccc1Br. The highest BCUT2D eigenvalue weighted by atomic mass is 79.9. The number of aromatic nitrogens is 4. The number of hydrogen-bond acceptors (Lipinski definition) is 4. The van der Waals surface area contributed by atoms with Crippen LogP contribution >= 0.6 is 15.9 Å². The molecule has 2 rings (SSSR count). The van der Waals surface area contributed by atoms with Gasteiger partial charge in [0.2, 0.25) is 0 Å². The third-order valence-electron chi connectivity index (χ3n) is 2.10. The van der Waals surface area contributed by atoms with Crippen LogP contribution < -0.4 is 5.73 Å². The lowest BCUT2D eigenvalue weighted by Crippen LogP contribution is -2.08. The minimum absolute atomic E-state index is 0.322. The minimum Gasteiger partial charge on any atom is -0.324 e. The molecule has 0 aliphatic rings. The highest BCUT2D eigenvalue weighted by Crippen LogP contribution is 2.19. The molecule has 0 spiro atoms. The number of rotatable bonds is 2. The van der Waals surface area contributed by atoms with E-state index in [1.165, 1.54) is 0 Å². The molecule has 0 fully saturated rings. The zero-order chi connectivity index (χ0) is 10.8. The molecule has 0 aliphatic heterocycles. The molecule has 0 saturated carbocycles. The molecule has 0 bridgehead atoms. The fraction of sp³-hybridized carbons (Fsp3) is 0.222. The number of tetrazole rings is 1. The molecule has 15 heavy (non-hydrogen) atoms. The van der Waals surface area contributed by atoms with E-state index in [1.807, 2.05) is 25.1 Å². The Morgan fingerprint density at radius 1 is 1.47 bits per heavy atom. The van der Waals surface area contributed by atoms with Crippen LogP contribution in [-0.2, 0) is 6.54 Å². The van der Waals surface area contributed by atoms with Crippen LogP contribution in [0.5, 0.6) is 0 Å². The molecule has 0 unspecified atom stereocenters. The largest absolute Gasteiger partial charge is 0.324 e. The second-order valence-electron chi connectivity index (χ2n) is 3.14. The van der Waals surface area contributed by atoms with E-state index in [9.17, 15) is 0 Å². The Labute approximate surface area is 95.4 Å². The molecule has 1 aromatic heterocycles. The normalized spacial score (nSPS) is 10.6. The number of halogens is 1. The smallest absolute Gasteiger partial charge is 0.170 e. The molecular weight excluding hydrogens is 258 g/mol. The molecule has 0 atom stereocenters. The summed E-state index contributed by atoms with van der Waals surface area (Å²) in [5.41, 5.74) is 7.58. The Balaban J connectivity index is 2.50. The summed E-state index contributed by atoms with van der Waals surface area (Å²) in [4.78, 5) is 0. The molecule has 6 heteroatoms. The standard InChI is InChI=1S/C9H10BrN5/c1-6-4-7(2-3-8(6)10)15-9(5-11)12-13-14-15/h2-4H,5,11H2,1H3. The first-order chi connectivity index (χ1) is 7.22. The summed E-state index contributed by atoms with van der Waals surface area (Å²) in [6.45, 7) is 2.34. The van der Waals surface area contributed by atoms with Gasteiger partial charge in [0.05, 0.1) is 12.2 Å². The summed E-state index contributed by atoms with van der Waals surface area (Å²) in [6.07, 6.45) is 0. The molecule has 0 aliphatic carbocycles. The molecule has 1 aromatic carbocycles. The van der Waals surface area contributed by atoms with E-state index < -0.39 is 0 Å². The fourth-order valence-corrected chi connectivity index (χ4v) is 1.54. The molecule has 5 nitrogen and oxygen atoms in total.